The molecule has 0 saturated carbocycles. The lowest BCUT2D eigenvalue weighted by atomic mass is 9.92. The summed E-state index contributed by atoms with van der Waals surface area (Å²) in [5.41, 5.74) is 4.68. The Morgan fingerprint density at radius 1 is 1.00 bits per heavy atom. The Kier molecular flexibility index (Phi) is 6.12. The Labute approximate surface area is 180 Å². The van der Waals surface area contributed by atoms with E-state index in [0.717, 1.165) is 35.3 Å². The first kappa shape index (κ1) is 19.9. The summed E-state index contributed by atoms with van der Waals surface area (Å²) >= 11 is 3.52. The van der Waals surface area contributed by atoms with Gasteiger partial charge in [0.2, 0.25) is 0 Å². The second-order valence-corrected chi connectivity index (χ2v) is 8.33. The average Bonchev–Trinajstić information content (AvgIpc) is 2.78. The normalized spacial score (nSPS) is 14.8. The molecular formula is C25H24BrNO2. The van der Waals surface area contributed by atoms with Gasteiger partial charge in [-0.3, -0.25) is 9.69 Å². The Morgan fingerprint density at radius 2 is 1.69 bits per heavy atom. The van der Waals surface area contributed by atoms with Crippen molar-refractivity contribution in [3.8, 4) is 5.75 Å². The fourth-order valence-electron chi connectivity index (χ4n) is 4.00. The van der Waals surface area contributed by atoms with Crippen molar-refractivity contribution in [3.05, 3.63) is 99.5 Å². The van der Waals surface area contributed by atoms with E-state index < -0.39 is 0 Å². The lowest BCUT2D eigenvalue weighted by Gasteiger charge is -2.36. The largest absolute Gasteiger partial charge is 0.497 e. The first-order valence-corrected chi connectivity index (χ1v) is 10.7. The van der Waals surface area contributed by atoms with Crippen LogP contribution in [-0.4, -0.2) is 24.3 Å². The fourth-order valence-corrected chi connectivity index (χ4v) is 4.26. The van der Waals surface area contributed by atoms with Gasteiger partial charge in [0, 0.05) is 35.6 Å². The molecule has 29 heavy (non-hydrogen) atoms. The number of hydrogen-bond donors (Lipinski definition) is 0. The maximum absolute atomic E-state index is 13.1. The van der Waals surface area contributed by atoms with E-state index in [1.165, 1.54) is 16.7 Å². The third-order valence-electron chi connectivity index (χ3n) is 5.65. The Morgan fingerprint density at radius 3 is 2.38 bits per heavy atom. The van der Waals surface area contributed by atoms with Crippen LogP contribution in [0.3, 0.4) is 0 Å². The number of methoxy groups -OCH3 is 1. The number of hydrogen-bond acceptors (Lipinski definition) is 3. The minimum atomic E-state index is 0.0473. The van der Waals surface area contributed by atoms with E-state index in [0.29, 0.717) is 6.42 Å². The van der Waals surface area contributed by atoms with Crippen molar-refractivity contribution in [2.45, 2.75) is 25.4 Å². The monoisotopic (exact) mass is 449 g/mol. The van der Waals surface area contributed by atoms with Crippen molar-refractivity contribution < 1.29 is 9.53 Å². The van der Waals surface area contributed by atoms with Crippen molar-refractivity contribution in [1.29, 1.82) is 0 Å². The maximum Gasteiger partial charge on any atom is 0.164 e. The summed E-state index contributed by atoms with van der Waals surface area (Å²) in [6, 6.07) is 24.4. The molecule has 0 N–H and O–H groups in total. The van der Waals surface area contributed by atoms with Gasteiger partial charge in [-0.05, 0) is 59.5 Å². The van der Waals surface area contributed by atoms with Gasteiger partial charge < -0.3 is 4.74 Å². The van der Waals surface area contributed by atoms with Crippen molar-refractivity contribution in [1.82, 2.24) is 4.90 Å². The SMILES string of the molecule is COc1ccc(C(=O)CC(c2ccc(Br)cc2)N2CCc3ccccc3C2)cc1. The molecule has 148 valence electrons. The van der Waals surface area contributed by atoms with Gasteiger partial charge in [-0.15, -0.1) is 0 Å². The molecule has 1 aliphatic rings. The zero-order valence-corrected chi connectivity index (χ0v) is 18.1. The number of nitrogens with zero attached hydrogens (tertiary/aromatic N) is 1. The van der Waals surface area contributed by atoms with Gasteiger partial charge in [0.1, 0.15) is 5.75 Å². The van der Waals surface area contributed by atoms with Gasteiger partial charge in [-0.2, -0.15) is 0 Å². The van der Waals surface area contributed by atoms with Crippen LogP contribution in [0.2, 0.25) is 0 Å². The molecule has 1 heterocycles. The summed E-state index contributed by atoms with van der Waals surface area (Å²) in [6.45, 7) is 1.82. The minimum absolute atomic E-state index is 0.0473. The lowest BCUT2D eigenvalue weighted by Crippen LogP contribution is -2.35. The van der Waals surface area contributed by atoms with Crippen LogP contribution in [-0.2, 0) is 13.0 Å². The zero-order chi connectivity index (χ0) is 20.2. The molecular weight excluding hydrogens is 426 g/mol. The van der Waals surface area contributed by atoms with Crippen LogP contribution in [0.15, 0.2) is 77.3 Å². The summed E-state index contributed by atoms with van der Waals surface area (Å²) in [5.74, 6) is 0.915. The molecule has 1 aliphatic heterocycles. The molecule has 0 aromatic heterocycles. The zero-order valence-electron chi connectivity index (χ0n) is 16.5. The summed E-state index contributed by atoms with van der Waals surface area (Å²) in [6.07, 6.45) is 1.47. The first-order valence-electron chi connectivity index (χ1n) is 9.87. The van der Waals surface area contributed by atoms with Crippen molar-refractivity contribution in [2.24, 2.45) is 0 Å². The molecule has 1 atom stereocenters. The first-order chi connectivity index (χ1) is 14.1. The van der Waals surface area contributed by atoms with Crippen LogP contribution >= 0.6 is 15.9 Å². The lowest BCUT2D eigenvalue weighted by molar-refractivity contribution is 0.0903. The molecule has 0 bridgehead atoms. The maximum atomic E-state index is 13.1. The van der Waals surface area contributed by atoms with Crippen LogP contribution in [0.4, 0.5) is 0 Å². The molecule has 1 unspecified atom stereocenters. The highest BCUT2D eigenvalue weighted by atomic mass is 79.9. The molecule has 0 radical (unpaired) electrons. The van der Waals surface area contributed by atoms with Gasteiger partial charge >= 0.3 is 0 Å². The number of ketones is 1. The molecule has 4 heteroatoms. The van der Waals surface area contributed by atoms with E-state index in [4.69, 9.17) is 4.74 Å². The van der Waals surface area contributed by atoms with Gasteiger partial charge in [0.25, 0.3) is 0 Å². The minimum Gasteiger partial charge on any atom is -0.497 e. The van der Waals surface area contributed by atoms with E-state index in [2.05, 4.69) is 69.4 Å². The Hall–Kier alpha value is -2.43. The summed E-state index contributed by atoms with van der Waals surface area (Å²) in [5, 5.41) is 0. The molecule has 0 aliphatic carbocycles. The number of fused-ring (bicyclic) bond motifs is 1. The highest BCUT2D eigenvalue weighted by molar-refractivity contribution is 9.10. The van der Waals surface area contributed by atoms with Crippen molar-refractivity contribution >= 4 is 21.7 Å². The van der Waals surface area contributed by atoms with E-state index in [-0.39, 0.29) is 11.8 Å². The van der Waals surface area contributed by atoms with E-state index in [1.54, 1.807) is 7.11 Å². The Bertz CT molecular complexity index is 982. The predicted octanol–water partition coefficient (Wildman–Crippen LogP) is 5.83. The number of carbonyl (C=O) groups excluding carboxylic acids is 1. The molecule has 0 spiro atoms. The predicted molar refractivity (Wildman–Crippen MR) is 119 cm³/mol. The fraction of sp³-hybridized carbons (Fsp3) is 0.240. The van der Waals surface area contributed by atoms with E-state index in [1.807, 2.05) is 24.3 Å². The van der Waals surface area contributed by atoms with Crippen LogP contribution in [0.25, 0.3) is 0 Å². The second kappa shape index (κ2) is 8.93. The summed E-state index contributed by atoms with van der Waals surface area (Å²) < 4.78 is 6.26. The highest BCUT2D eigenvalue weighted by Crippen LogP contribution is 2.32. The average molecular weight is 450 g/mol. The standard InChI is InChI=1S/C25H24BrNO2/c1-29-23-12-8-20(9-13-23)25(28)16-24(19-6-10-22(26)11-7-19)27-15-14-18-4-2-3-5-21(18)17-27/h2-13,24H,14-17H2,1H3. The van der Waals surface area contributed by atoms with Gasteiger partial charge in [-0.1, -0.05) is 52.3 Å². The highest BCUT2D eigenvalue weighted by Gasteiger charge is 2.27. The number of benzene rings is 3. The topological polar surface area (TPSA) is 29.5 Å². The van der Waals surface area contributed by atoms with Crippen LogP contribution in [0, 0.1) is 0 Å². The smallest absolute Gasteiger partial charge is 0.164 e. The summed E-state index contributed by atoms with van der Waals surface area (Å²) in [4.78, 5) is 15.5. The molecule has 4 rings (SSSR count). The van der Waals surface area contributed by atoms with Crippen molar-refractivity contribution in [2.75, 3.05) is 13.7 Å². The number of carbonyl (C=O) groups is 1. The van der Waals surface area contributed by atoms with Gasteiger partial charge in [0.05, 0.1) is 7.11 Å². The molecule has 3 nitrogen and oxygen atoms in total. The van der Waals surface area contributed by atoms with Crippen LogP contribution < -0.4 is 4.74 Å². The van der Waals surface area contributed by atoms with Gasteiger partial charge in [0.15, 0.2) is 5.78 Å². The van der Waals surface area contributed by atoms with Gasteiger partial charge in [-0.25, -0.2) is 0 Å². The molecule has 0 amide bonds. The number of ether oxygens (including phenoxy) is 1. The van der Waals surface area contributed by atoms with Crippen molar-refractivity contribution in [3.63, 3.8) is 0 Å². The summed E-state index contributed by atoms with van der Waals surface area (Å²) in [7, 11) is 1.63. The van der Waals surface area contributed by atoms with E-state index in [9.17, 15) is 4.79 Å². The third-order valence-corrected chi connectivity index (χ3v) is 6.18. The van der Waals surface area contributed by atoms with Crippen LogP contribution in [0.5, 0.6) is 5.75 Å². The molecule has 3 aromatic rings. The molecule has 0 fully saturated rings. The molecule has 3 aromatic carbocycles. The quantitative estimate of drug-likeness (QED) is 0.443. The Balaban J connectivity index is 1.60. The third kappa shape index (κ3) is 4.60. The number of halogens is 1. The number of rotatable bonds is 6. The van der Waals surface area contributed by atoms with E-state index >= 15 is 0 Å². The molecule has 0 saturated heterocycles. The second-order valence-electron chi connectivity index (χ2n) is 7.41. The van der Waals surface area contributed by atoms with Crippen LogP contribution in [0.1, 0.15) is 39.5 Å². The number of Topliss-reactive ketones (excluding diaryl/α,β-unsaturated/α-hetero) is 1.